The van der Waals surface area contributed by atoms with Crippen LogP contribution in [-0.4, -0.2) is 33.0 Å². The molecule has 0 aliphatic carbocycles. The minimum Gasteiger partial charge on any atom is -0.378 e. The van der Waals surface area contributed by atoms with Gasteiger partial charge in [-0.15, -0.1) is 0 Å². The minimum absolute atomic E-state index is 0.0423. The highest BCUT2D eigenvalue weighted by Crippen LogP contribution is 2.34. The van der Waals surface area contributed by atoms with Gasteiger partial charge in [0.2, 0.25) is 0 Å². The Labute approximate surface area is 150 Å². The van der Waals surface area contributed by atoms with Crippen LogP contribution in [0.1, 0.15) is 29.4 Å². The van der Waals surface area contributed by atoms with Crippen molar-refractivity contribution in [2.45, 2.75) is 25.2 Å². The zero-order chi connectivity index (χ0) is 18.0. The number of carbonyl (C=O) groups is 1. The third-order valence-electron chi connectivity index (χ3n) is 3.98. The Morgan fingerprint density at radius 3 is 2.80 bits per heavy atom. The third kappa shape index (κ3) is 3.28. The zero-order valence-corrected chi connectivity index (χ0v) is 15.1. The summed E-state index contributed by atoms with van der Waals surface area (Å²) in [4.78, 5) is 28.8. The van der Waals surface area contributed by atoms with Gasteiger partial charge in [-0.3, -0.25) is 14.8 Å². The fraction of sp³-hybridized carbons (Fsp3) is 0.222. The number of H-pyrrole nitrogens is 1. The lowest BCUT2D eigenvalue weighted by molar-refractivity contribution is 0.0983. The molecular formula is C18H19N5OS. The van der Waals surface area contributed by atoms with Crippen LogP contribution in [0.3, 0.4) is 0 Å². The maximum absolute atomic E-state index is 11.9. The number of imidazole rings is 1. The molecule has 3 aromatic rings. The van der Waals surface area contributed by atoms with Crippen molar-refractivity contribution in [1.82, 2.24) is 15.0 Å². The molecule has 7 heteroatoms. The van der Waals surface area contributed by atoms with E-state index in [-0.39, 0.29) is 5.78 Å². The van der Waals surface area contributed by atoms with Crippen molar-refractivity contribution in [3.8, 4) is 11.1 Å². The summed E-state index contributed by atoms with van der Waals surface area (Å²) in [6.45, 7) is 3.81. The molecule has 25 heavy (non-hydrogen) atoms. The molecule has 1 aromatic carbocycles. The molecule has 0 radical (unpaired) electrons. The molecule has 0 amide bonds. The van der Waals surface area contributed by atoms with E-state index in [0.29, 0.717) is 17.3 Å². The number of thioether (sulfide) groups is 1. The van der Waals surface area contributed by atoms with Crippen LogP contribution < -0.4 is 5.73 Å². The number of nitrogens with two attached hydrogens (primary N) is 1. The Bertz CT molecular complexity index is 977. The molecule has 0 spiro atoms. The molecule has 0 fully saturated rings. The SMILES string of the molecule is CCC(=O)c1cc(C)c(-c2ccc(SC(N)=NC)c3[nH]cnc23)cn1. The third-order valence-corrected chi connectivity index (χ3v) is 4.94. The van der Waals surface area contributed by atoms with Crippen molar-refractivity contribution < 1.29 is 4.79 Å². The van der Waals surface area contributed by atoms with Crippen LogP contribution in [0.4, 0.5) is 0 Å². The number of hydrogen-bond donors (Lipinski definition) is 2. The van der Waals surface area contributed by atoms with Crippen molar-refractivity contribution in [3.05, 3.63) is 42.0 Å². The number of carbonyl (C=O) groups excluding carboxylic acids is 1. The average molecular weight is 353 g/mol. The number of hydrogen-bond acceptors (Lipinski definition) is 5. The molecule has 0 atom stereocenters. The van der Waals surface area contributed by atoms with Crippen molar-refractivity contribution >= 4 is 33.7 Å². The van der Waals surface area contributed by atoms with E-state index < -0.39 is 0 Å². The number of pyridine rings is 1. The van der Waals surface area contributed by atoms with Gasteiger partial charge in [0, 0.05) is 35.7 Å². The first-order valence-electron chi connectivity index (χ1n) is 7.91. The fourth-order valence-electron chi connectivity index (χ4n) is 2.64. The number of fused-ring (bicyclic) bond motifs is 1. The molecule has 6 nitrogen and oxygen atoms in total. The summed E-state index contributed by atoms with van der Waals surface area (Å²) in [6.07, 6.45) is 3.85. The van der Waals surface area contributed by atoms with Crippen molar-refractivity contribution in [2.24, 2.45) is 10.7 Å². The number of Topliss-reactive ketones (excluding diaryl/α,β-unsaturated/α-hetero) is 1. The molecule has 2 heterocycles. The quantitative estimate of drug-likeness (QED) is 0.323. The highest BCUT2D eigenvalue weighted by Gasteiger charge is 2.15. The molecule has 0 aliphatic heterocycles. The predicted octanol–water partition coefficient (Wildman–Crippen LogP) is 3.56. The van der Waals surface area contributed by atoms with Crippen LogP contribution in [0.25, 0.3) is 22.2 Å². The molecule has 128 valence electrons. The van der Waals surface area contributed by atoms with Gasteiger partial charge in [-0.05, 0) is 24.6 Å². The van der Waals surface area contributed by atoms with E-state index in [0.717, 1.165) is 32.6 Å². The van der Waals surface area contributed by atoms with Gasteiger partial charge in [0.25, 0.3) is 0 Å². The highest BCUT2D eigenvalue weighted by atomic mass is 32.2. The van der Waals surface area contributed by atoms with Crippen LogP contribution in [-0.2, 0) is 0 Å². The van der Waals surface area contributed by atoms with Gasteiger partial charge < -0.3 is 10.7 Å². The Balaban J connectivity index is 2.10. The fourth-order valence-corrected chi connectivity index (χ4v) is 3.35. The lowest BCUT2D eigenvalue weighted by Crippen LogP contribution is -2.05. The maximum atomic E-state index is 11.9. The number of aliphatic imine (C=N–C) groups is 1. The predicted molar refractivity (Wildman–Crippen MR) is 102 cm³/mol. The van der Waals surface area contributed by atoms with Crippen molar-refractivity contribution in [2.75, 3.05) is 7.05 Å². The van der Waals surface area contributed by atoms with Gasteiger partial charge in [0.1, 0.15) is 5.69 Å². The summed E-state index contributed by atoms with van der Waals surface area (Å²) < 4.78 is 0. The van der Waals surface area contributed by atoms with E-state index in [1.807, 2.05) is 32.0 Å². The summed E-state index contributed by atoms with van der Waals surface area (Å²) in [6, 6.07) is 5.83. The van der Waals surface area contributed by atoms with E-state index in [2.05, 4.69) is 19.9 Å². The Morgan fingerprint density at radius 1 is 1.32 bits per heavy atom. The largest absolute Gasteiger partial charge is 0.378 e. The minimum atomic E-state index is 0.0423. The lowest BCUT2D eigenvalue weighted by Gasteiger charge is -2.10. The van der Waals surface area contributed by atoms with E-state index in [9.17, 15) is 4.79 Å². The van der Waals surface area contributed by atoms with Gasteiger partial charge in [0.05, 0.1) is 17.4 Å². The van der Waals surface area contributed by atoms with Crippen LogP contribution in [0.5, 0.6) is 0 Å². The standard InChI is InChI=1S/C18H19N5OS/c1-4-14(24)13-7-10(2)12(8-21-13)11-5-6-15(25-18(19)20-3)17-16(11)22-9-23-17/h5-9H,4H2,1-3H3,(H2,19,20)(H,22,23). The zero-order valence-electron chi connectivity index (χ0n) is 14.3. The Morgan fingerprint density at radius 2 is 2.12 bits per heavy atom. The molecule has 0 saturated heterocycles. The number of nitrogens with zero attached hydrogens (tertiary/aromatic N) is 3. The molecule has 0 bridgehead atoms. The van der Waals surface area contributed by atoms with Gasteiger partial charge in [-0.1, -0.05) is 24.8 Å². The second-order valence-corrected chi connectivity index (χ2v) is 6.62. The normalized spacial score (nSPS) is 11.9. The second kappa shape index (κ2) is 7.06. The second-order valence-electron chi connectivity index (χ2n) is 5.56. The molecule has 3 rings (SSSR count). The number of aromatic amines is 1. The molecule has 3 N–H and O–H groups in total. The molecule has 0 saturated carbocycles. The van der Waals surface area contributed by atoms with Gasteiger partial charge >= 0.3 is 0 Å². The van der Waals surface area contributed by atoms with Crippen LogP contribution in [0.15, 0.2) is 40.6 Å². The monoisotopic (exact) mass is 353 g/mol. The molecular weight excluding hydrogens is 334 g/mol. The number of nitrogens with one attached hydrogen (secondary N) is 1. The van der Waals surface area contributed by atoms with Gasteiger partial charge in [0.15, 0.2) is 11.0 Å². The summed E-state index contributed by atoms with van der Waals surface area (Å²) >= 11 is 1.39. The molecule has 0 aliphatic rings. The van der Waals surface area contributed by atoms with E-state index in [4.69, 9.17) is 5.73 Å². The number of ketones is 1. The van der Waals surface area contributed by atoms with Crippen LogP contribution in [0.2, 0.25) is 0 Å². The Kier molecular flexibility index (Phi) is 4.85. The summed E-state index contributed by atoms with van der Waals surface area (Å²) in [7, 11) is 1.66. The first-order chi connectivity index (χ1) is 12.0. The first-order valence-corrected chi connectivity index (χ1v) is 8.73. The first kappa shape index (κ1) is 17.2. The van der Waals surface area contributed by atoms with Crippen LogP contribution >= 0.6 is 11.8 Å². The topological polar surface area (TPSA) is 97.0 Å². The number of benzene rings is 1. The van der Waals surface area contributed by atoms with Gasteiger partial charge in [-0.25, -0.2) is 4.98 Å². The summed E-state index contributed by atoms with van der Waals surface area (Å²) in [5.74, 6) is 0.0423. The molecule has 0 unspecified atom stereocenters. The summed E-state index contributed by atoms with van der Waals surface area (Å²) in [5, 5.41) is 0.490. The lowest BCUT2D eigenvalue weighted by atomic mass is 10.00. The average Bonchev–Trinajstić information content (AvgIpc) is 3.11. The number of aryl methyl sites for hydroxylation is 1. The van der Waals surface area contributed by atoms with Gasteiger partial charge in [-0.2, -0.15) is 0 Å². The smallest absolute Gasteiger partial charge is 0.180 e. The van der Waals surface area contributed by atoms with Crippen LogP contribution in [0, 0.1) is 6.92 Å². The van der Waals surface area contributed by atoms with E-state index in [1.54, 1.807) is 19.6 Å². The molecule has 2 aromatic heterocycles. The summed E-state index contributed by atoms with van der Waals surface area (Å²) in [5.41, 5.74) is 11.0. The van der Waals surface area contributed by atoms with E-state index >= 15 is 0 Å². The van der Waals surface area contributed by atoms with Crippen molar-refractivity contribution in [3.63, 3.8) is 0 Å². The number of amidine groups is 1. The van der Waals surface area contributed by atoms with Crippen molar-refractivity contribution in [1.29, 1.82) is 0 Å². The highest BCUT2D eigenvalue weighted by molar-refractivity contribution is 8.14. The number of rotatable bonds is 4. The Hall–Kier alpha value is -2.67. The van der Waals surface area contributed by atoms with E-state index in [1.165, 1.54) is 11.8 Å². The number of aromatic nitrogens is 3. The maximum Gasteiger partial charge on any atom is 0.180 e.